The minimum absolute atomic E-state index is 0.151. The van der Waals surface area contributed by atoms with Gasteiger partial charge in [-0.05, 0) is 30.0 Å². The second-order valence-electron chi connectivity index (χ2n) is 6.42. The van der Waals surface area contributed by atoms with Gasteiger partial charge in [-0.3, -0.25) is 0 Å². The summed E-state index contributed by atoms with van der Waals surface area (Å²) in [7, 11) is 0. The first kappa shape index (κ1) is 12.9. The molecule has 0 bridgehead atoms. The van der Waals surface area contributed by atoms with E-state index in [-0.39, 0.29) is 5.41 Å². The van der Waals surface area contributed by atoms with Crippen LogP contribution in [0.5, 0.6) is 0 Å². The lowest BCUT2D eigenvalue weighted by Crippen LogP contribution is -2.11. The highest BCUT2D eigenvalue weighted by molar-refractivity contribution is 5.63. The van der Waals surface area contributed by atoms with Crippen LogP contribution in [0, 0.1) is 6.92 Å². The third-order valence-corrected chi connectivity index (χ3v) is 3.67. The fourth-order valence-corrected chi connectivity index (χ4v) is 2.31. The van der Waals surface area contributed by atoms with Crippen molar-refractivity contribution in [3.05, 3.63) is 59.9 Å². The number of benzene rings is 1. The molecule has 0 saturated carbocycles. The van der Waals surface area contributed by atoms with Crippen LogP contribution in [0.25, 0.3) is 16.9 Å². The highest BCUT2D eigenvalue weighted by Gasteiger charge is 2.14. The summed E-state index contributed by atoms with van der Waals surface area (Å²) >= 11 is 0. The number of fused-ring (bicyclic) bond motifs is 1. The van der Waals surface area contributed by atoms with E-state index in [9.17, 15) is 0 Å². The number of rotatable bonds is 1. The fraction of sp³-hybridized carbons (Fsp3) is 0.278. The second-order valence-corrected chi connectivity index (χ2v) is 6.42. The highest BCUT2D eigenvalue weighted by Crippen LogP contribution is 2.25. The number of hydrogen-bond acceptors (Lipinski definition) is 1. The van der Waals surface area contributed by atoms with Crippen LogP contribution in [0.2, 0.25) is 0 Å². The number of hydrogen-bond donors (Lipinski definition) is 0. The smallest absolute Gasteiger partial charge is 0.137 e. The third kappa shape index (κ3) is 2.34. The van der Waals surface area contributed by atoms with Crippen LogP contribution in [-0.4, -0.2) is 9.38 Å². The Hall–Kier alpha value is -2.09. The Bertz CT molecular complexity index is 743. The number of nitrogens with zero attached hydrogens (tertiary/aromatic N) is 2. The van der Waals surface area contributed by atoms with Crippen molar-refractivity contribution in [3.63, 3.8) is 0 Å². The Kier molecular flexibility index (Phi) is 2.89. The molecule has 0 fully saturated rings. The van der Waals surface area contributed by atoms with E-state index in [4.69, 9.17) is 4.98 Å². The lowest BCUT2D eigenvalue weighted by molar-refractivity contribution is 0.589. The topological polar surface area (TPSA) is 17.3 Å². The van der Waals surface area contributed by atoms with E-state index < -0.39 is 0 Å². The van der Waals surface area contributed by atoms with E-state index >= 15 is 0 Å². The van der Waals surface area contributed by atoms with Gasteiger partial charge in [0.15, 0.2) is 0 Å². The summed E-state index contributed by atoms with van der Waals surface area (Å²) in [6.07, 6.45) is 4.19. The molecule has 2 heterocycles. The average Bonchev–Trinajstić information content (AvgIpc) is 2.81. The van der Waals surface area contributed by atoms with Crippen LogP contribution in [0.15, 0.2) is 48.8 Å². The molecule has 0 saturated heterocycles. The molecule has 0 unspecified atom stereocenters. The zero-order valence-electron chi connectivity index (χ0n) is 12.5. The van der Waals surface area contributed by atoms with Crippen LogP contribution in [-0.2, 0) is 5.41 Å². The molecule has 0 N–H and O–H groups in total. The molecular weight excluding hydrogens is 244 g/mol. The normalized spacial score (nSPS) is 12.0. The molecule has 20 heavy (non-hydrogen) atoms. The van der Waals surface area contributed by atoms with Gasteiger partial charge >= 0.3 is 0 Å². The van der Waals surface area contributed by atoms with Crippen molar-refractivity contribution < 1.29 is 0 Å². The Morgan fingerprint density at radius 3 is 2.35 bits per heavy atom. The van der Waals surface area contributed by atoms with Gasteiger partial charge in [0.1, 0.15) is 5.65 Å². The molecule has 3 aromatic rings. The van der Waals surface area contributed by atoms with Crippen molar-refractivity contribution in [1.29, 1.82) is 0 Å². The first-order chi connectivity index (χ1) is 9.43. The Labute approximate surface area is 120 Å². The van der Waals surface area contributed by atoms with E-state index in [0.717, 1.165) is 16.9 Å². The second kappa shape index (κ2) is 4.48. The van der Waals surface area contributed by atoms with Crippen molar-refractivity contribution in [3.8, 4) is 11.3 Å². The monoisotopic (exact) mass is 264 g/mol. The van der Waals surface area contributed by atoms with Crippen molar-refractivity contribution in [1.82, 2.24) is 9.38 Å². The summed E-state index contributed by atoms with van der Waals surface area (Å²) in [5.41, 5.74) is 5.93. The Morgan fingerprint density at radius 2 is 1.70 bits per heavy atom. The lowest BCUT2D eigenvalue weighted by Gasteiger charge is -2.18. The average molecular weight is 264 g/mol. The van der Waals surface area contributed by atoms with E-state index in [1.807, 2.05) is 0 Å². The fourth-order valence-electron chi connectivity index (χ4n) is 2.31. The summed E-state index contributed by atoms with van der Waals surface area (Å²) in [5, 5.41) is 0. The maximum absolute atomic E-state index is 4.75. The molecule has 2 heteroatoms. The van der Waals surface area contributed by atoms with Gasteiger partial charge in [-0.15, -0.1) is 0 Å². The zero-order chi connectivity index (χ0) is 14.3. The van der Waals surface area contributed by atoms with Gasteiger partial charge < -0.3 is 4.40 Å². The predicted octanol–water partition coefficient (Wildman–Crippen LogP) is 4.61. The van der Waals surface area contributed by atoms with Gasteiger partial charge in [-0.25, -0.2) is 4.98 Å². The SMILES string of the molecule is Cc1ccc(-c2cn3ccc(C(C)(C)C)cc3n2)cc1. The molecule has 3 rings (SSSR count). The summed E-state index contributed by atoms with van der Waals surface area (Å²) < 4.78 is 2.09. The van der Waals surface area contributed by atoms with Crippen LogP contribution in [0.3, 0.4) is 0 Å². The first-order valence-corrected chi connectivity index (χ1v) is 7.00. The molecule has 2 nitrogen and oxygen atoms in total. The van der Waals surface area contributed by atoms with Crippen LogP contribution in [0.1, 0.15) is 31.9 Å². The van der Waals surface area contributed by atoms with E-state index in [0.29, 0.717) is 0 Å². The highest BCUT2D eigenvalue weighted by atomic mass is 15.0. The van der Waals surface area contributed by atoms with Gasteiger partial charge in [0.2, 0.25) is 0 Å². The molecule has 0 spiro atoms. The number of aryl methyl sites for hydroxylation is 1. The van der Waals surface area contributed by atoms with Crippen molar-refractivity contribution in [2.45, 2.75) is 33.1 Å². The Balaban J connectivity index is 2.09. The molecule has 102 valence electrons. The molecule has 0 amide bonds. The van der Waals surface area contributed by atoms with Crippen molar-refractivity contribution in [2.24, 2.45) is 0 Å². The van der Waals surface area contributed by atoms with Gasteiger partial charge in [0, 0.05) is 18.0 Å². The summed E-state index contributed by atoms with van der Waals surface area (Å²) in [5.74, 6) is 0. The zero-order valence-corrected chi connectivity index (χ0v) is 12.5. The van der Waals surface area contributed by atoms with Gasteiger partial charge in [0.05, 0.1) is 5.69 Å². The first-order valence-electron chi connectivity index (χ1n) is 7.00. The number of pyridine rings is 1. The van der Waals surface area contributed by atoms with Crippen LogP contribution in [0.4, 0.5) is 0 Å². The maximum Gasteiger partial charge on any atom is 0.137 e. The molecule has 1 aromatic carbocycles. The molecule has 0 aliphatic carbocycles. The predicted molar refractivity (Wildman–Crippen MR) is 84.1 cm³/mol. The largest absolute Gasteiger partial charge is 0.306 e. The van der Waals surface area contributed by atoms with Gasteiger partial charge in [-0.1, -0.05) is 50.6 Å². The molecule has 0 aliphatic rings. The van der Waals surface area contributed by atoms with Crippen molar-refractivity contribution >= 4 is 5.65 Å². The molecule has 0 atom stereocenters. The van der Waals surface area contributed by atoms with E-state index in [1.165, 1.54) is 11.1 Å². The van der Waals surface area contributed by atoms with E-state index in [1.54, 1.807) is 0 Å². The minimum atomic E-state index is 0.151. The minimum Gasteiger partial charge on any atom is -0.306 e. The number of aromatic nitrogens is 2. The van der Waals surface area contributed by atoms with E-state index in [2.05, 4.69) is 80.9 Å². The standard InChI is InChI=1S/C18H20N2/c1-13-5-7-14(8-6-13)16-12-20-10-9-15(18(2,3)4)11-17(20)19-16/h5-12H,1-4H3. The summed E-state index contributed by atoms with van der Waals surface area (Å²) in [4.78, 5) is 4.75. The van der Waals surface area contributed by atoms with Gasteiger partial charge in [-0.2, -0.15) is 0 Å². The molecule has 2 aromatic heterocycles. The quantitative estimate of drug-likeness (QED) is 0.627. The van der Waals surface area contributed by atoms with Crippen molar-refractivity contribution in [2.75, 3.05) is 0 Å². The Morgan fingerprint density at radius 1 is 1.00 bits per heavy atom. The molecule has 0 radical (unpaired) electrons. The molecule has 0 aliphatic heterocycles. The lowest BCUT2D eigenvalue weighted by atomic mass is 9.88. The maximum atomic E-state index is 4.75. The van der Waals surface area contributed by atoms with Gasteiger partial charge in [0.25, 0.3) is 0 Å². The summed E-state index contributed by atoms with van der Waals surface area (Å²) in [6, 6.07) is 12.9. The van der Waals surface area contributed by atoms with Crippen LogP contribution >= 0.6 is 0 Å². The number of imidazole rings is 1. The summed E-state index contributed by atoms with van der Waals surface area (Å²) in [6.45, 7) is 8.77. The van der Waals surface area contributed by atoms with Crippen LogP contribution < -0.4 is 0 Å². The third-order valence-electron chi connectivity index (χ3n) is 3.67. The molecular formula is C18H20N2.